The topological polar surface area (TPSA) is 62.7 Å². The number of carbonyl (C=O) groups is 1. The number of rotatable bonds is 9. The monoisotopic (exact) mass is 439 g/mol. The van der Waals surface area contributed by atoms with Crippen LogP contribution in [0.2, 0.25) is 0 Å². The Balaban J connectivity index is 0.00000441. The molecule has 0 aliphatic heterocycles. The summed E-state index contributed by atoms with van der Waals surface area (Å²) in [5.41, 5.74) is 0. The molecule has 0 aliphatic rings. The number of hydrogen-bond acceptors (Lipinski definition) is 4. The van der Waals surface area contributed by atoms with E-state index in [1.807, 2.05) is 6.92 Å². The van der Waals surface area contributed by atoms with E-state index in [2.05, 4.69) is 37.9 Å². The van der Waals surface area contributed by atoms with Crippen molar-refractivity contribution in [1.29, 1.82) is 0 Å². The number of aliphatic imine (C=N–C) groups is 1. The Morgan fingerprint density at radius 2 is 2.18 bits per heavy atom. The molecule has 1 rings (SSSR count). The fraction of sp³-hybridized carbons (Fsp3) is 0.600. The third-order valence-electron chi connectivity index (χ3n) is 2.87. The van der Waals surface area contributed by atoms with Crippen LogP contribution >= 0.6 is 35.3 Å². The van der Waals surface area contributed by atoms with Crippen molar-refractivity contribution in [3.63, 3.8) is 0 Å². The Morgan fingerprint density at radius 1 is 1.36 bits per heavy atom. The molecule has 5 nitrogen and oxygen atoms in total. The minimum Gasteiger partial charge on any atom is -0.469 e. The van der Waals surface area contributed by atoms with Gasteiger partial charge in [-0.05, 0) is 37.6 Å². The number of esters is 1. The number of halogens is 1. The minimum atomic E-state index is -0.153. The van der Waals surface area contributed by atoms with Crippen LogP contribution < -0.4 is 10.6 Å². The standard InChI is InChI=1S/C15H25N3O2S.HI/c1-3-16-15(17-10-5-4-8-14(19)20-2)18-11-9-13-7-6-12-21-13;/h6-7,12H,3-5,8-11H2,1-2H3,(H2,16,17,18);1H. The zero-order chi connectivity index (χ0) is 15.3. The number of guanidine groups is 1. The lowest BCUT2D eigenvalue weighted by Crippen LogP contribution is -2.38. The minimum absolute atomic E-state index is 0. The fourth-order valence-corrected chi connectivity index (χ4v) is 2.48. The van der Waals surface area contributed by atoms with Crippen LogP contribution in [-0.2, 0) is 16.0 Å². The van der Waals surface area contributed by atoms with E-state index in [9.17, 15) is 4.79 Å². The summed E-state index contributed by atoms with van der Waals surface area (Å²) >= 11 is 1.77. The summed E-state index contributed by atoms with van der Waals surface area (Å²) in [4.78, 5) is 16.9. The van der Waals surface area contributed by atoms with Gasteiger partial charge < -0.3 is 15.4 Å². The second-order valence-electron chi connectivity index (χ2n) is 4.55. The molecule has 0 spiro atoms. The van der Waals surface area contributed by atoms with E-state index < -0.39 is 0 Å². The molecule has 0 radical (unpaired) electrons. The summed E-state index contributed by atoms with van der Waals surface area (Å²) in [6, 6.07) is 4.21. The largest absolute Gasteiger partial charge is 0.469 e. The Kier molecular flexibility index (Phi) is 13.3. The highest BCUT2D eigenvalue weighted by Gasteiger charge is 2.00. The van der Waals surface area contributed by atoms with Crippen LogP contribution in [0.25, 0.3) is 0 Å². The Labute approximate surface area is 154 Å². The van der Waals surface area contributed by atoms with Crippen LogP contribution in [0.5, 0.6) is 0 Å². The van der Waals surface area contributed by atoms with Gasteiger partial charge in [-0.2, -0.15) is 0 Å². The van der Waals surface area contributed by atoms with Gasteiger partial charge in [0.25, 0.3) is 0 Å². The molecule has 0 saturated heterocycles. The van der Waals surface area contributed by atoms with Gasteiger partial charge in [-0.25, -0.2) is 0 Å². The van der Waals surface area contributed by atoms with Gasteiger partial charge in [0, 0.05) is 30.9 Å². The molecular weight excluding hydrogens is 413 g/mol. The summed E-state index contributed by atoms with van der Waals surface area (Å²) < 4.78 is 4.61. The maximum Gasteiger partial charge on any atom is 0.305 e. The number of carbonyl (C=O) groups excluding carboxylic acids is 1. The molecule has 0 unspecified atom stereocenters. The highest BCUT2D eigenvalue weighted by atomic mass is 127. The molecule has 22 heavy (non-hydrogen) atoms. The second kappa shape index (κ2) is 13.8. The van der Waals surface area contributed by atoms with Crippen LogP contribution in [0, 0.1) is 0 Å². The van der Waals surface area contributed by atoms with Gasteiger partial charge in [0.05, 0.1) is 7.11 Å². The molecule has 0 saturated carbocycles. The predicted molar refractivity (Wildman–Crippen MR) is 103 cm³/mol. The number of nitrogens with zero attached hydrogens (tertiary/aromatic N) is 1. The Bertz CT molecular complexity index is 424. The summed E-state index contributed by atoms with van der Waals surface area (Å²) in [6.45, 7) is 4.47. The zero-order valence-corrected chi connectivity index (χ0v) is 16.4. The first kappa shape index (κ1) is 21.2. The van der Waals surface area contributed by atoms with Gasteiger partial charge in [0.15, 0.2) is 5.96 Å². The van der Waals surface area contributed by atoms with Crippen molar-refractivity contribution >= 4 is 47.2 Å². The number of nitrogens with one attached hydrogen (secondary N) is 2. The molecule has 1 aromatic rings. The van der Waals surface area contributed by atoms with Crippen LogP contribution in [0.3, 0.4) is 0 Å². The molecule has 0 aromatic carbocycles. The molecule has 0 aliphatic carbocycles. The molecule has 0 atom stereocenters. The lowest BCUT2D eigenvalue weighted by Gasteiger charge is -2.10. The normalized spacial score (nSPS) is 10.7. The van der Waals surface area contributed by atoms with Crippen molar-refractivity contribution in [2.45, 2.75) is 32.6 Å². The number of ether oxygens (including phenoxy) is 1. The van der Waals surface area contributed by atoms with Gasteiger partial charge in [-0.15, -0.1) is 35.3 Å². The van der Waals surface area contributed by atoms with Crippen LogP contribution in [0.15, 0.2) is 22.5 Å². The van der Waals surface area contributed by atoms with Crippen molar-refractivity contribution in [3.8, 4) is 0 Å². The zero-order valence-electron chi connectivity index (χ0n) is 13.3. The van der Waals surface area contributed by atoms with E-state index >= 15 is 0 Å². The van der Waals surface area contributed by atoms with Crippen LogP contribution in [0.1, 0.15) is 31.1 Å². The third-order valence-corrected chi connectivity index (χ3v) is 3.81. The molecule has 1 aromatic heterocycles. The fourth-order valence-electron chi connectivity index (χ4n) is 1.77. The third kappa shape index (κ3) is 9.99. The first-order chi connectivity index (χ1) is 10.3. The molecule has 126 valence electrons. The lowest BCUT2D eigenvalue weighted by molar-refractivity contribution is -0.140. The predicted octanol–water partition coefficient (Wildman–Crippen LogP) is 2.81. The van der Waals surface area contributed by atoms with Gasteiger partial charge in [-0.1, -0.05) is 6.07 Å². The summed E-state index contributed by atoms with van der Waals surface area (Å²) in [5.74, 6) is 0.687. The van der Waals surface area contributed by atoms with Crippen molar-refractivity contribution < 1.29 is 9.53 Å². The smallest absolute Gasteiger partial charge is 0.305 e. The lowest BCUT2D eigenvalue weighted by atomic mass is 10.2. The van der Waals surface area contributed by atoms with E-state index in [-0.39, 0.29) is 29.9 Å². The van der Waals surface area contributed by atoms with Gasteiger partial charge in [0.2, 0.25) is 0 Å². The van der Waals surface area contributed by atoms with Crippen molar-refractivity contribution in [2.75, 3.05) is 26.7 Å². The quantitative estimate of drug-likeness (QED) is 0.204. The Hall–Kier alpha value is -0.830. The molecular formula is C15H26IN3O2S. The Morgan fingerprint density at radius 3 is 2.82 bits per heavy atom. The van der Waals surface area contributed by atoms with E-state index in [1.54, 1.807) is 11.3 Å². The van der Waals surface area contributed by atoms with Gasteiger partial charge in [0.1, 0.15) is 0 Å². The van der Waals surface area contributed by atoms with Crippen LogP contribution in [0.4, 0.5) is 0 Å². The summed E-state index contributed by atoms with van der Waals surface area (Å²) in [6.07, 6.45) is 3.17. The van der Waals surface area contributed by atoms with Gasteiger partial charge in [-0.3, -0.25) is 9.79 Å². The van der Waals surface area contributed by atoms with Crippen molar-refractivity contribution in [3.05, 3.63) is 22.4 Å². The molecule has 7 heteroatoms. The molecule has 1 heterocycles. The van der Waals surface area contributed by atoms with Crippen molar-refractivity contribution in [2.24, 2.45) is 4.99 Å². The van der Waals surface area contributed by atoms with Crippen LogP contribution in [-0.4, -0.2) is 38.7 Å². The molecule has 0 fully saturated rings. The number of unbranched alkanes of at least 4 members (excludes halogenated alkanes) is 1. The van der Waals surface area contributed by atoms with Crippen molar-refractivity contribution in [1.82, 2.24) is 10.6 Å². The SMILES string of the molecule is CCNC(=NCCCCC(=O)OC)NCCc1cccs1.I. The van der Waals surface area contributed by atoms with E-state index in [0.29, 0.717) is 13.0 Å². The second-order valence-corrected chi connectivity index (χ2v) is 5.58. The maximum atomic E-state index is 11.0. The molecule has 2 N–H and O–H groups in total. The molecule has 0 amide bonds. The highest BCUT2D eigenvalue weighted by Crippen LogP contribution is 2.07. The van der Waals surface area contributed by atoms with E-state index in [0.717, 1.165) is 38.3 Å². The molecule has 0 bridgehead atoms. The number of hydrogen-bond donors (Lipinski definition) is 2. The summed E-state index contributed by atoms with van der Waals surface area (Å²) in [7, 11) is 1.42. The van der Waals surface area contributed by atoms with E-state index in [4.69, 9.17) is 0 Å². The van der Waals surface area contributed by atoms with Gasteiger partial charge >= 0.3 is 5.97 Å². The first-order valence-electron chi connectivity index (χ1n) is 7.37. The average molecular weight is 439 g/mol. The van der Waals surface area contributed by atoms with E-state index in [1.165, 1.54) is 12.0 Å². The highest BCUT2D eigenvalue weighted by molar-refractivity contribution is 14.0. The number of methoxy groups -OCH3 is 1. The summed E-state index contributed by atoms with van der Waals surface area (Å²) in [5, 5.41) is 8.64. The first-order valence-corrected chi connectivity index (χ1v) is 8.25. The average Bonchev–Trinajstić information content (AvgIpc) is 2.99. The number of thiophene rings is 1. The maximum absolute atomic E-state index is 11.0.